The van der Waals surface area contributed by atoms with Gasteiger partial charge in [-0.1, -0.05) is 35.4 Å². The monoisotopic (exact) mass is 464 g/mol. The molecule has 2 heterocycles. The molecular formula is C26H29ClN4O2. The quantitative estimate of drug-likeness (QED) is 0.545. The number of halogens is 1. The summed E-state index contributed by atoms with van der Waals surface area (Å²) < 4.78 is 5.74. The second-order valence-electron chi connectivity index (χ2n) is 8.62. The fourth-order valence-corrected chi connectivity index (χ4v) is 4.26. The first-order chi connectivity index (χ1) is 15.8. The molecule has 0 N–H and O–H groups in total. The average molecular weight is 465 g/mol. The van der Waals surface area contributed by atoms with Gasteiger partial charge in [0.2, 0.25) is 0 Å². The lowest BCUT2D eigenvalue weighted by Gasteiger charge is -2.35. The molecule has 2 aromatic carbocycles. The first-order valence-corrected chi connectivity index (χ1v) is 11.5. The Balaban J connectivity index is 1.31. The molecule has 6 nitrogen and oxygen atoms in total. The van der Waals surface area contributed by atoms with E-state index in [-0.39, 0.29) is 12.5 Å². The van der Waals surface area contributed by atoms with E-state index < -0.39 is 0 Å². The fourth-order valence-electron chi connectivity index (χ4n) is 4.15. The van der Waals surface area contributed by atoms with Gasteiger partial charge in [0, 0.05) is 36.8 Å². The number of nitrogens with zero attached hydrogens (tertiary/aromatic N) is 4. The van der Waals surface area contributed by atoms with Gasteiger partial charge in [-0.3, -0.25) is 4.79 Å². The number of rotatable bonds is 5. The Morgan fingerprint density at radius 3 is 2.21 bits per heavy atom. The minimum absolute atomic E-state index is 0.0174. The Morgan fingerprint density at radius 1 is 0.909 bits per heavy atom. The van der Waals surface area contributed by atoms with Crippen LogP contribution in [0.3, 0.4) is 0 Å². The van der Waals surface area contributed by atoms with Gasteiger partial charge in [0.25, 0.3) is 5.91 Å². The van der Waals surface area contributed by atoms with Crippen LogP contribution in [0.25, 0.3) is 11.3 Å². The van der Waals surface area contributed by atoms with Gasteiger partial charge in [0.1, 0.15) is 5.75 Å². The van der Waals surface area contributed by atoms with Crippen molar-refractivity contribution in [1.29, 1.82) is 0 Å². The van der Waals surface area contributed by atoms with E-state index in [1.807, 2.05) is 43.0 Å². The summed E-state index contributed by atoms with van der Waals surface area (Å²) in [5, 5.41) is 9.63. The molecule has 0 atom stereocenters. The van der Waals surface area contributed by atoms with Crippen LogP contribution in [0.1, 0.15) is 22.3 Å². The minimum Gasteiger partial charge on any atom is -0.484 e. The van der Waals surface area contributed by atoms with Crippen LogP contribution in [0.4, 0.5) is 5.82 Å². The second-order valence-corrected chi connectivity index (χ2v) is 9.00. The predicted octanol–water partition coefficient (Wildman–Crippen LogP) is 4.76. The van der Waals surface area contributed by atoms with Crippen LogP contribution in [0.2, 0.25) is 5.02 Å². The molecule has 1 amide bonds. The van der Waals surface area contributed by atoms with Crippen molar-refractivity contribution >= 4 is 23.3 Å². The summed E-state index contributed by atoms with van der Waals surface area (Å²) >= 11 is 6.21. The van der Waals surface area contributed by atoms with Crippen LogP contribution >= 0.6 is 11.6 Å². The van der Waals surface area contributed by atoms with E-state index in [0.29, 0.717) is 31.9 Å². The van der Waals surface area contributed by atoms with E-state index in [1.54, 1.807) is 0 Å². The van der Waals surface area contributed by atoms with E-state index in [4.69, 9.17) is 16.3 Å². The number of aryl methyl sites for hydroxylation is 4. The molecule has 0 radical (unpaired) electrons. The highest BCUT2D eigenvalue weighted by atomic mass is 35.5. The standard InChI is InChI=1S/C26H29ClN4O2/c1-17-5-6-22(18(2)13-17)23-7-8-24(29-28-23)30-9-11-31(12-10-30)25(32)16-33-21-14-19(3)26(27)20(4)15-21/h5-8,13-15H,9-12,16H2,1-4H3. The van der Waals surface area contributed by atoms with Gasteiger partial charge < -0.3 is 14.5 Å². The van der Waals surface area contributed by atoms with Gasteiger partial charge in [-0.25, -0.2) is 0 Å². The van der Waals surface area contributed by atoms with Crippen molar-refractivity contribution in [2.75, 3.05) is 37.7 Å². The molecule has 0 bridgehead atoms. The van der Waals surface area contributed by atoms with Crippen molar-refractivity contribution in [2.24, 2.45) is 0 Å². The molecule has 1 saturated heterocycles. The zero-order valence-corrected chi connectivity index (χ0v) is 20.3. The van der Waals surface area contributed by atoms with Crippen molar-refractivity contribution in [1.82, 2.24) is 15.1 Å². The first-order valence-electron chi connectivity index (χ1n) is 11.2. The van der Waals surface area contributed by atoms with Crippen LogP contribution in [0.5, 0.6) is 5.75 Å². The topological polar surface area (TPSA) is 58.6 Å². The lowest BCUT2D eigenvalue weighted by atomic mass is 10.0. The molecule has 0 unspecified atom stereocenters. The number of carbonyl (C=O) groups is 1. The Kier molecular flexibility index (Phi) is 6.84. The maximum atomic E-state index is 12.6. The van der Waals surface area contributed by atoms with E-state index >= 15 is 0 Å². The van der Waals surface area contributed by atoms with Gasteiger partial charge in [0.15, 0.2) is 12.4 Å². The van der Waals surface area contributed by atoms with E-state index in [9.17, 15) is 4.79 Å². The maximum Gasteiger partial charge on any atom is 0.260 e. The highest BCUT2D eigenvalue weighted by Crippen LogP contribution is 2.26. The molecule has 1 aromatic heterocycles. The van der Waals surface area contributed by atoms with E-state index in [2.05, 4.69) is 47.1 Å². The molecule has 1 aliphatic heterocycles. The minimum atomic E-state index is -0.0174. The molecule has 3 aromatic rings. The number of hydrogen-bond acceptors (Lipinski definition) is 5. The van der Waals surface area contributed by atoms with Crippen LogP contribution in [-0.2, 0) is 4.79 Å². The summed E-state index contributed by atoms with van der Waals surface area (Å²) in [6.07, 6.45) is 0. The third kappa shape index (κ3) is 5.28. The molecule has 0 spiro atoms. The molecule has 172 valence electrons. The Hall–Kier alpha value is -3.12. The van der Waals surface area contributed by atoms with Crippen molar-refractivity contribution in [3.8, 4) is 17.0 Å². The number of anilines is 1. The van der Waals surface area contributed by atoms with Crippen molar-refractivity contribution in [3.05, 3.63) is 69.7 Å². The highest BCUT2D eigenvalue weighted by molar-refractivity contribution is 6.32. The molecule has 0 aliphatic carbocycles. The van der Waals surface area contributed by atoms with Gasteiger partial charge in [-0.2, -0.15) is 0 Å². The molecule has 33 heavy (non-hydrogen) atoms. The first kappa shape index (κ1) is 23.1. The van der Waals surface area contributed by atoms with Crippen LogP contribution in [0, 0.1) is 27.7 Å². The maximum absolute atomic E-state index is 12.6. The summed E-state index contributed by atoms with van der Waals surface area (Å²) in [5.74, 6) is 1.48. The lowest BCUT2D eigenvalue weighted by Crippen LogP contribution is -2.50. The summed E-state index contributed by atoms with van der Waals surface area (Å²) in [7, 11) is 0. The number of carbonyl (C=O) groups excluding carboxylic acids is 1. The van der Waals surface area contributed by atoms with Crippen LogP contribution < -0.4 is 9.64 Å². The molecular weight excluding hydrogens is 436 g/mol. The van der Waals surface area contributed by atoms with Crippen molar-refractivity contribution in [2.45, 2.75) is 27.7 Å². The molecule has 1 fully saturated rings. The highest BCUT2D eigenvalue weighted by Gasteiger charge is 2.22. The van der Waals surface area contributed by atoms with Crippen molar-refractivity contribution in [3.63, 3.8) is 0 Å². The number of ether oxygens (including phenoxy) is 1. The lowest BCUT2D eigenvalue weighted by molar-refractivity contribution is -0.133. The number of benzene rings is 2. The Bertz CT molecular complexity index is 1130. The molecule has 0 saturated carbocycles. The smallest absolute Gasteiger partial charge is 0.260 e. The second kappa shape index (κ2) is 9.79. The van der Waals surface area contributed by atoms with Gasteiger partial charge in [0.05, 0.1) is 5.69 Å². The van der Waals surface area contributed by atoms with Crippen molar-refractivity contribution < 1.29 is 9.53 Å². The number of amides is 1. The molecule has 4 rings (SSSR count). The van der Waals surface area contributed by atoms with Gasteiger partial charge in [-0.05, 0) is 68.7 Å². The van der Waals surface area contributed by atoms with E-state index in [0.717, 1.165) is 33.2 Å². The molecule has 7 heteroatoms. The van der Waals surface area contributed by atoms with Crippen LogP contribution in [0.15, 0.2) is 42.5 Å². The SMILES string of the molecule is Cc1ccc(-c2ccc(N3CCN(C(=O)COc4cc(C)c(Cl)c(C)c4)CC3)nn2)c(C)c1. The summed E-state index contributed by atoms with van der Waals surface area (Å²) in [4.78, 5) is 16.6. The number of piperazine rings is 1. The third-order valence-electron chi connectivity index (χ3n) is 6.04. The zero-order valence-electron chi connectivity index (χ0n) is 19.6. The average Bonchev–Trinajstić information content (AvgIpc) is 2.81. The Morgan fingerprint density at radius 2 is 1.61 bits per heavy atom. The largest absolute Gasteiger partial charge is 0.484 e. The fraction of sp³-hybridized carbons (Fsp3) is 0.346. The van der Waals surface area contributed by atoms with Gasteiger partial charge in [-0.15, -0.1) is 10.2 Å². The molecule has 1 aliphatic rings. The summed E-state index contributed by atoms with van der Waals surface area (Å²) in [6, 6.07) is 14.1. The number of aromatic nitrogens is 2. The third-order valence-corrected chi connectivity index (χ3v) is 6.63. The van der Waals surface area contributed by atoms with Crippen LogP contribution in [-0.4, -0.2) is 53.8 Å². The van der Waals surface area contributed by atoms with Gasteiger partial charge >= 0.3 is 0 Å². The normalized spacial score (nSPS) is 13.8. The number of hydrogen-bond donors (Lipinski definition) is 0. The Labute approximate surface area is 200 Å². The zero-order chi connectivity index (χ0) is 23.5. The van der Waals surface area contributed by atoms with E-state index in [1.165, 1.54) is 11.1 Å². The summed E-state index contributed by atoms with van der Waals surface area (Å²) in [6.45, 7) is 10.7. The predicted molar refractivity (Wildman–Crippen MR) is 132 cm³/mol. The summed E-state index contributed by atoms with van der Waals surface area (Å²) in [5.41, 5.74) is 6.28.